The molecule has 1 amide bonds. The Bertz CT molecular complexity index is 1040. The fourth-order valence-electron chi connectivity index (χ4n) is 3.75. The normalized spacial score (nSPS) is 15.2. The summed E-state index contributed by atoms with van der Waals surface area (Å²) in [5, 5.41) is 11.9. The van der Waals surface area contributed by atoms with Crippen molar-refractivity contribution in [3.8, 4) is 11.5 Å². The second-order valence-electron chi connectivity index (χ2n) is 7.85. The molecule has 1 fully saturated rings. The van der Waals surface area contributed by atoms with Gasteiger partial charge >= 0.3 is 0 Å². The molecule has 4 rings (SSSR count). The number of rotatable bonds is 6. The largest absolute Gasteiger partial charge is 0.419 e. The molecule has 0 spiro atoms. The second-order valence-corrected chi connectivity index (χ2v) is 8.26. The van der Waals surface area contributed by atoms with E-state index in [1.165, 1.54) is 0 Å². The highest BCUT2D eigenvalue weighted by molar-refractivity contribution is 6.33. The highest BCUT2D eigenvalue weighted by Crippen LogP contribution is 2.26. The second kappa shape index (κ2) is 9.60. The van der Waals surface area contributed by atoms with Gasteiger partial charge in [0, 0.05) is 31.9 Å². The number of hydrogen-bond donors (Lipinski definition) is 1. The van der Waals surface area contributed by atoms with E-state index >= 15 is 0 Å². The number of nitrogens with one attached hydrogen (secondary N) is 1. The molecule has 1 N–H and O–H groups in total. The van der Waals surface area contributed by atoms with Crippen LogP contribution in [0.4, 0.5) is 5.69 Å². The van der Waals surface area contributed by atoms with Crippen molar-refractivity contribution in [3.63, 3.8) is 0 Å². The number of carbonyl (C=O) groups excluding carboxylic acids is 1. The van der Waals surface area contributed by atoms with Gasteiger partial charge in [-0.25, -0.2) is 0 Å². The van der Waals surface area contributed by atoms with Crippen LogP contribution >= 0.6 is 11.6 Å². The number of piperazine rings is 1. The van der Waals surface area contributed by atoms with Crippen molar-refractivity contribution in [2.75, 3.05) is 38.0 Å². The van der Waals surface area contributed by atoms with Crippen LogP contribution in [-0.4, -0.2) is 58.6 Å². The van der Waals surface area contributed by atoms with Crippen molar-refractivity contribution < 1.29 is 9.21 Å². The fraction of sp³-hybridized carbons (Fsp3) is 0.348. The van der Waals surface area contributed by atoms with Gasteiger partial charge in [0.1, 0.15) is 0 Å². The number of para-hydroxylation sites is 1. The van der Waals surface area contributed by atoms with E-state index in [9.17, 15) is 4.79 Å². The predicted octanol–water partition coefficient (Wildman–Crippen LogP) is 3.76. The van der Waals surface area contributed by atoms with Crippen LogP contribution in [0.1, 0.15) is 17.0 Å². The summed E-state index contributed by atoms with van der Waals surface area (Å²) in [4.78, 5) is 16.9. The van der Waals surface area contributed by atoms with Gasteiger partial charge in [0.2, 0.25) is 17.7 Å². The summed E-state index contributed by atoms with van der Waals surface area (Å²) in [6.07, 6.45) is 0. The van der Waals surface area contributed by atoms with E-state index in [4.69, 9.17) is 16.0 Å². The average molecular weight is 440 g/mol. The monoisotopic (exact) mass is 439 g/mol. The Morgan fingerprint density at radius 2 is 1.68 bits per heavy atom. The first-order valence-corrected chi connectivity index (χ1v) is 10.8. The van der Waals surface area contributed by atoms with Crippen LogP contribution in [0.2, 0.25) is 5.02 Å². The molecule has 0 radical (unpaired) electrons. The smallest absolute Gasteiger partial charge is 0.249 e. The van der Waals surface area contributed by atoms with Gasteiger partial charge in [0.15, 0.2) is 0 Å². The topological polar surface area (TPSA) is 74.5 Å². The van der Waals surface area contributed by atoms with Crippen LogP contribution in [0.3, 0.4) is 0 Å². The standard InChI is InChI=1S/C23H26ClN5O2/c1-16-6-5-7-17(2)22(16)25-20(30)14-28-10-12-29(13-11-28)15-21-26-27-23(31-21)18-8-3-4-9-19(18)24/h3-9H,10-15H2,1-2H3,(H,25,30). The van der Waals surface area contributed by atoms with Crippen LogP contribution < -0.4 is 5.32 Å². The van der Waals surface area contributed by atoms with Crippen LogP contribution in [0.25, 0.3) is 11.5 Å². The zero-order valence-corrected chi connectivity index (χ0v) is 18.5. The van der Waals surface area contributed by atoms with E-state index in [0.717, 1.165) is 48.6 Å². The van der Waals surface area contributed by atoms with Gasteiger partial charge in [-0.15, -0.1) is 10.2 Å². The number of aryl methyl sites for hydroxylation is 2. The molecular formula is C23H26ClN5O2. The first-order valence-electron chi connectivity index (χ1n) is 10.4. The Labute approximate surface area is 187 Å². The zero-order valence-electron chi connectivity index (χ0n) is 17.8. The molecule has 162 valence electrons. The predicted molar refractivity (Wildman–Crippen MR) is 121 cm³/mol. The minimum atomic E-state index is 0.0205. The lowest BCUT2D eigenvalue weighted by Gasteiger charge is -2.33. The number of halogens is 1. The van der Waals surface area contributed by atoms with Gasteiger partial charge in [-0.1, -0.05) is 41.9 Å². The van der Waals surface area contributed by atoms with Crippen molar-refractivity contribution >= 4 is 23.2 Å². The third kappa shape index (κ3) is 5.31. The Hall–Kier alpha value is -2.74. The molecule has 2 aromatic carbocycles. The number of anilines is 1. The highest BCUT2D eigenvalue weighted by Gasteiger charge is 2.21. The third-order valence-electron chi connectivity index (χ3n) is 5.51. The number of benzene rings is 2. The van der Waals surface area contributed by atoms with E-state index in [0.29, 0.717) is 29.9 Å². The zero-order chi connectivity index (χ0) is 21.8. The summed E-state index contributed by atoms with van der Waals surface area (Å²) in [5.41, 5.74) is 3.81. The van der Waals surface area contributed by atoms with Crippen LogP contribution in [0, 0.1) is 13.8 Å². The molecule has 0 aliphatic carbocycles. The van der Waals surface area contributed by atoms with Crippen LogP contribution in [0.15, 0.2) is 46.9 Å². The van der Waals surface area contributed by atoms with Crippen molar-refractivity contribution in [3.05, 3.63) is 64.5 Å². The molecule has 1 saturated heterocycles. The third-order valence-corrected chi connectivity index (χ3v) is 5.84. The number of aromatic nitrogens is 2. The van der Waals surface area contributed by atoms with E-state index < -0.39 is 0 Å². The number of hydrogen-bond acceptors (Lipinski definition) is 6. The minimum absolute atomic E-state index is 0.0205. The van der Waals surface area contributed by atoms with Crippen molar-refractivity contribution in [2.24, 2.45) is 0 Å². The SMILES string of the molecule is Cc1cccc(C)c1NC(=O)CN1CCN(Cc2nnc(-c3ccccc3Cl)o2)CC1. The van der Waals surface area contributed by atoms with Gasteiger partial charge in [-0.3, -0.25) is 14.6 Å². The highest BCUT2D eigenvalue weighted by atomic mass is 35.5. The van der Waals surface area contributed by atoms with Gasteiger partial charge < -0.3 is 9.73 Å². The van der Waals surface area contributed by atoms with Gasteiger partial charge in [-0.2, -0.15) is 0 Å². The molecule has 1 aliphatic heterocycles. The van der Waals surface area contributed by atoms with Crippen molar-refractivity contribution in [2.45, 2.75) is 20.4 Å². The number of carbonyl (C=O) groups is 1. The fourth-order valence-corrected chi connectivity index (χ4v) is 3.97. The molecule has 3 aromatic rings. The van der Waals surface area contributed by atoms with Crippen molar-refractivity contribution in [1.29, 1.82) is 0 Å². The first-order chi connectivity index (χ1) is 15.0. The van der Waals surface area contributed by atoms with Crippen LogP contribution in [-0.2, 0) is 11.3 Å². The number of nitrogens with zero attached hydrogens (tertiary/aromatic N) is 4. The quantitative estimate of drug-likeness (QED) is 0.630. The summed E-state index contributed by atoms with van der Waals surface area (Å²) in [6, 6.07) is 13.4. The molecular weight excluding hydrogens is 414 g/mol. The maximum atomic E-state index is 12.5. The molecule has 0 saturated carbocycles. The Morgan fingerprint density at radius 3 is 2.39 bits per heavy atom. The maximum absolute atomic E-state index is 12.5. The molecule has 0 atom stereocenters. The lowest BCUT2D eigenvalue weighted by Crippen LogP contribution is -2.48. The summed E-state index contributed by atoms with van der Waals surface area (Å²) in [7, 11) is 0. The first kappa shape index (κ1) is 21.5. The minimum Gasteiger partial charge on any atom is -0.419 e. The van der Waals surface area contributed by atoms with Gasteiger partial charge in [0.05, 0.1) is 23.7 Å². The summed E-state index contributed by atoms with van der Waals surface area (Å²) in [6.45, 7) is 8.28. The maximum Gasteiger partial charge on any atom is 0.249 e. The lowest BCUT2D eigenvalue weighted by molar-refractivity contribution is -0.117. The molecule has 8 heteroatoms. The molecule has 7 nitrogen and oxygen atoms in total. The van der Waals surface area contributed by atoms with Gasteiger partial charge in [-0.05, 0) is 37.1 Å². The molecule has 2 heterocycles. The Kier molecular flexibility index (Phi) is 6.65. The summed E-state index contributed by atoms with van der Waals surface area (Å²) in [5.74, 6) is 1.02. The lowest BCUT2D eigenvalue weighted by atomic mass is 10.1. The van der Waals surface area contributed by atoms with E-state index in [2.05, 4.69) is 25.3 Å². The van der Waals surface area contributed by atoms with E-state index in [-0.39, 0.29) is 5.91 Å². The molecule has 0 bridgehead atoms. The van der Waals surface area contributed by atoms with Gasteiger partial charge in [0.25, 0.3) is 0 Å². The summed E-state index contributed by atoms with van der Waals surface area (Å²) >= 11 is 6.21. The Balaban J connectivity index is 1.27. The number of amides is 1. The van der Waals surface area contributed by atoms with Crippen molar-refractivity contribution in [1.82, 2.24) is 20.0 Å². The average Bonchev–Trinajstić information content (AvgIpc) is 3.21. The van der Waals surface area contributed by atoms with E-state index in [1.54, 1.807) is 6.07 Å². The molecule has 31 heavy (non-hydrogen) atoms. The Morgan fingerprint density at radius 1 is 1.00 bits per heavy atom. The molecule has 0 unspecified atom stereocenters. The molecule has 1 aliphatic rings. The summed E-state index contributed by atoms with van der Waals surface area (Å²) < 4.78 is 5.81. The van der Waals surface area contributed by atoms with E-state index in [1.807, 2.05) is 50.2 Å². The molecule has 1 aromatic heterocycles. The van der Waals surface area contributed by atoms with Crippen LogP contribution in [0.5, 0.6) is 0 Å².